The lowest BCUT2D eigenvalue weighted by molar-refractivity contribution is 0.900. The first kappa shape index (κ1) is 14.2. The molecule has 3 rings (SSSR count). The van der Waals surface area contributed by atoms with Crippen molar-refractivity contribution in [2.24, 2.45) is 0 Å². The van der Waals surface area contributed by atoms with Crippen LogP contribution in [-0.2, 0) is 6.42 Å². The third-order valence-corrected chi connectivity index (χ3v) is 5.47. The second kappa shape index (κ2) is 5.90. The zero-order valence-electron chi connectivity index (χ0n) is 12.8. The van der Waals surface area contributed by atoms with E-state index >= 15 is 0 Å². The van der Waals surface area contributed by atoms with Crippen LogP contribution in [0.5, 0.6) is 0 Å². The molecule has 0 radical (unpaired) electrons. The lowest BCUT2D eigenvalue weighted by atomic mass is 10.1. The molecule has 0 saturated carbocycles. The molecule has 0 spiro atoms. The number of hydrogen-bond acceptors (Lipinski definition) is 2. The highest BCUT2D eigenvalue weighted by Gasteiger charge is 2.14. The van der Waals surface area contributed by atoms with Gasteiger partial charge in [0.15, 0.2) is 0 Å². The summed E-state index contributed by atoms with van der Waals surface area (Å²) in [5.74, 6) is 0. The molecule has 1 N–H and O–H groups in total. The van der Waals surface area contributed by atoms with Crippen LogP contribution in [0.2, 0.25) is 0 Å². The summed E-state index contributed by atoms with van der Waals surface area (Å²) in [6.07, 6.45) is 1.09. The van der Waals surface area contributed by atoms with Crippen LogP contribution in [0.4, 0.5) is 5.69 Å². The number of fused-ring (bicyclic) bond motifs is 1. The summed E-state index contributed by atoms with van der Waals surface area (Å²) in [4.78, 5) is 1.43. The van der Waals surface area contributed by atoms with Gasteiger partial charge >= 0.3 is 0 Å². The zero-order valence-corrected chi connectivity index (χ0v) is 13.6. The highest BCUT2D eigenvalue weighted by Crippen LogP contribution is 2.35. The molecule has 0 fully saturated rings. The molecule has 0 saturated heterocycles. The topological polar surface area (TPSA) is 12.0 Å². The van der Waals surface area contributed by atoms with Crippen LogP contribution >= 0.6 is 11.3 Å². The van der Waals surface area contributed by atoms with E-state index in [1.807, 2.05) is 11.3 Å². The van der Waals surface area contributed by atoms with Crippen molar-refractivity contribution < 1.29 is 0 Å². The molecule has 1 aromatic heterocycles. The smallest absolute Gasteiger partial charge is 0.0581 e. The van der Waals surface area contributed by atoms with Crippen LogP contribution in [0, 0.1) is 6.92 Å². The fraction of sp³-hybridized carbons (Fsp3) is 0.263. The lowest BCUT2D eigenvalue weighted by Crippen LogP contribution is -2.06. The molecule has 1 heterocycles. The van der Waals surface area contributed by atoms with Crippen LogP contribution in [0.25, 0.3) is 10.1 Å². The number of rotatable bonds is 4. The number of thiophene rings is 1. The summed E-state index contributed by atoms with van der Waals surface area (Å²) in [5, 5.41) is 5.00. The van der Waals surface area contributed by atoms with Crippen molar-refractivity contribution in [3.05, 3.63) is 64.5 Å². The maximum absolute atomic E-state index is 3.62. The van der Waals surface area contributed by atoms with Gasteiger partial charge in [0.05, 0.1) is 6.04 Å². The highest BCUT2D eigenvalue weighted by molar-refractivity contribution is 7.19. The molecule has 0 bridgehead atoms. The predicted octanol–water partition coefficient (Wildman–Crippen LogP) is 5.95. The lowest BCUT2D eigenvalue weighted by Gasteiger charge is -2.15. The van der Waals surface area contributed by atoms with Crippen molar-refractivity contribution in [1.29, 1.82) is 0 Å². The van der Waals surface area contributed by atoms with Crippen molar-refractivity contribution in [2.75, 3.05) is 5.32 Å². The third kappa shape index (κ3) is 2.81. The molecule has 1 atom stereocenters. The molecule has 0 aliphatic carbocycles. The Hall–Kier alpha value is -1.80. The van der Waals surface area contributed by atoms with Crippen molar-refractivity contribution in [2.45, 2.75) is 33.2 Å². The molecular weight excluding hydrogens is 274 g/mol. The molecule has 0 aliphatic rings. The van der Waals surface area contributed by atoms with E-state index in [1.165, 1.54) is 31.8 Å². The van der Waals surface area contributed by atoms with Crippen LogP contribution in [0.15, 0.2) is 48.5 Å². The van der Waals surface area contributed by atoms with E-state index in [2.05, 4.69) is 74.6 Å². The summed E-state index contributed by atoms with van der Waals surface area (Å²) in [5.41, 5.74) is 3.98. The quantitative estimate of drug-likeness (QED) is 0.627. The summed E-state index contributed by atoms with van der Waals surface area (Å²) < 4.78 is 1.37. The summed E-state index contributed by atoms with van der Waals surface area (Å²) in [6, 6.07) is 17.7. The molecule has 2 aromatic carbocycles. The number of anilines is 1. The molecular formula is C19H21NS. The van der Waals surface area contributed by atoms with E-state index in [4.69, 9.17) is 0 Å². The van der Waals surface area contributed by atoms with E-state index in [1.54, 1.807) is 0 Å². The number of nitrogens with one attached hydrogen (secondary N) is 1. The number of benzene rings is 2. The Balaban J connectivity index is 1.86. The predicted molar refractivity (Wildman–Crippen MR) is 94.4 cm³/mol. The van der Waals surface area contributed by atoms with Crippen molar-refractivity contribution in [3.8, 4) is 0 Å². The first-order chi connectivity index (χ1) is 10.2. The van der Waals surface area contributed by atoms with E-state index in [-0.39, 0.29) is 0 Å². The fourth-order valence-corrected chi connectivity index (χ4v) is 3.97. The average molecular weight is 295 g/mol. The zero-order chi connectivity index (χ0) is 14.8. The van der Waals surface area contributed by atoms with E-state index in [0.717, 1.165) is 6.42 Å². The van der Waals surface area contributed by atoms with Gasteiger partial charge in [0.1, 0.15) is 0 Å². The average Bonchev–Trinajstić information content (AvgIpc) is 2.86. The Bertz CT molecular complexity index is 740. The van der Waals surface area contributed by atoms with Crippen molar-refractivity contribution in [3.63, 3.8) is 0 Å². The minimum atomic E-state index is 0.329. The van der Waals surface area contributed by atoms with Crippen LogP contribution in [0.3, 0.4) is 0 Å². The van der Waals surface area contributed by atoms with Crippen LogP contribution < -0.4 is 5.32 Å². The van der Waals surface area contributed by atoms with Gasteiger partial charge in [0.2, 0.25) is 0 Å². The largest absolute Gasteiger partial charge is 0.378 e. The van der Waals surface area contributed by atoms with E-state index in [9.17, 15) is 0 Å². The molecule has 108 valence electrons. The van der Waals surface area contributed by atoms with Gasteiger partial charge in [-0.25, -0.2) is 0 Å². The molecule has 0 amide bonds. The Morgan fingerprint density at radius 3 is 2.43 bits per heavy atom. The van der Waals surface area contributed by atoms with Gasteiger partial charge in [-0.15, -0.1) is 11.3 Å². The van der Waals surface area contributed by atoms with Gasteiger partial charge in [0, 0.05) is 15.3 Å². The minimum Gasteiger partial charge on any atom is -0.378 e. The molecule has 2 heteroatoms. The highest BCUT2D eigenvalue weighted by atomic mass is 32.1. The molecule has 0 aliphatic heterocycles. The molecule has 21 heavy (non-hydrogen) atoms. The Morgan fingerprint density at radius 2 is 1.76 bits per heavy atom. The van der Waals surface area contributed by atoms with Crippen LogP contribution in [-0.4, -0.2) is 0 Å². The van der Waals surface area contributed by atoms with Gasteiger partial charge < -0.3 is 5.32 Å². The second-order valence-corrected chi connectivity index (χ2v) is 6.59. The monoisotopic (exact) mass is 295 g/mol. The standard InChI is InChI=1S/C19H21NS/c1-4-15-9-11-16(12-10-15)20-14(3)19-13(2)17-7-5-6-8-18(17)21-19/h5-12,14,20H,4H2,1-3H3. The van der Waals surface area contributed by atoms with Gasteiger partial charge in [-0.2, -0.15) is 0 Å². The Morgan fingerprint density at radius 1 is 1.05 bits per heavy atom. The van der Waals surface area contributed by atoms with Crippen molar-refractivity contribution in [1.82, 2.24) is 0 Å². The normalized spacial score (nSPS) is 12.5. The Labute approximate surface area is 130 Å². The van der Waals surface area contributed by atoms with E-state index < -0.39 is 0 Å². The third-order valence-electron chi connectivity index (χ3n) is 4.02. The minimum absolute atomic E-state index is 0.329. The Kier molecular flexibility index (Phi) is 3.98. The van der Waals surface area contributed by atoms with Gasteiger partial charge in [0.25, 0.3) is 0 Å². The second-order valence-electron chi connectivity index (χ2n) is 5.50. The van der Waals surface area contributed by atoms with Gasteiger partial charge in [-0.1, -0.05) is 37.3 Å². The summed E-state index contributed by atoms with van der Waals surface area (Å²) in [7, 11) is 0. The van der Waals surface area contributed by atoms with Gasteiger partial charge in [-0.05, 0) is 55.0 Å². The SMILES string of the molecule is CCc1ccc(NC(C)c2sc3ccccc3c2C)cc1. The summed E-state index contributed by atoms with van der Waals surface area (Å²) in [6.45, 7) is 6.66. The number of hydrogen-bond donors (Lipinski definition) is 1. The first-order valence-electron chi connectivity index (χ1n) is 7.52. The molecule has 1 nitrogen and oxygen atoms in total. The molecule has 1 unspecified atom stereocenters. The van der Waals surface area contributed by atoms with E-state index in [0.29, 0.717) is 6.04 Å². The molecule has 3 aromatic rings. The first-order valence-corrected chi connectivity index (χ1v) is 8.34. The maximum atomic E-state index is 3.62. The van der Waals surface area contributed by atoms with Gasteiger partial charge in [-0.3, -0.25) is 0 Å². The van der Waals surface area contributed by atoms with Crippen LogP contribution in [0.1, 0.15) is 35.9 Å². The fourth-order valence-electron chi connectivity index (χ4n) is 2.76. The maximum Gasteiger partial charge on any atom is 0.0581 e. The van der Waals surface area contributed by atoms with Crippen molar-refractivity contribution >= 4 is 27.1 Å². The summed E-state index contributed by atoms with van der Waals surface area (Å²) >= 11 is 1.90. The number of aryl methyl sites for hydroxylation is 2.